The fraction of sp³-hybridized carbons (Fsp3) is 0.250. The van der Waals surface area contributed by atoms with Crippen molar-refractivity contribution in [3.05, 3.63) is 83.8 Å². The summed E-state index contributed by atoms with van der Waals surface area (Å²) >= 11 is 0. The zero-order valence-electron chi connectivity index (χ0n) is 17.4. The first-order chi connectivity index (χ1) is 15.1. The van der Waals surface area contributed by atoms with Crippen molar-refractivity contribution in [2.45, 2.75) is 6.54 Å². The summed E-state index contributed by atoms with van der Waals surface area (Å²) in [6, 6.07) is 17.7. The Kier molecular flexibility index (Phi) is 6.43. The maximum Gasteiger partial charge on any atom is 0.258 e. The van der Waals surface area contributed by atoms with Crippen molar-refractivity contribution < 1.29 is 13.9 Å². The van der Waals surface area contributed by atoms with Gasteiger partial charge in [0.25, 0.3) is 5.91 Å². The summed E-state index contributed by atoms with van der Waals surface area (Å²) in [6.07, 6.45) is 1.61. The molecule has 1 N–H and O–H groups in total. The number of carbonyl (C=O) groups excluding carboxylic acids is 1. The predicted molar refractivity (Wildman–Crippen MR) is 119 cm³/mol. The highest BCUT2D eigenvalue weighted by Crippen LogP contribution is 2.19. The average Bonchev–Trinajstić information content (AvgIpc) is 2.80. The van der Waals surface area contributed by atoms with Crippen molar-refractivity contribution in [1.29, 1.82) is 0 Å². The molecule has 0 unspecified atom stereocenters. The van der Waals surface area contributed by atoms with E-state index in [0.29, 0.717) is 5.69 Å². The molecule has 6 nitrogen and oxygen atoms in total. The molecule has 1 saturated heterocycles. The number of anilines is 2. The van der Waals surface area contributed by atoms with E-state index in [2.05, 4.69) is 32.2 Å². The van der Waals surface area contributed by atoms with Crippen molar-refractivity contribution in [1.82, 2.24) is 9.88 Å². The van der Waals surface area contributed by atoms with E-state index >= 15 is 0 Å². The topological polar surface area (TPSA) is 57.7 Å². The number of piperazine rings is 1. The van der Waals surface area contributed by atoms with Gasteiger partial charge in [-0.2, -0.15) is 0 Å². The first-order valence-corrected chi connectivity index (χ1v) is 10.2. The van der Waals surface area contributed by atoms with Crippen molar-refractivity contribution >= 4 is 17.4 Å². The molecule has 160 valence electrons. The second kappa shape index (κ2) is 9.57. The maximum absolute atomic E-state index is 13.8. The lowest BCUT2D eigenvalue weighted by Gasteiger charge is -2.35. The van der Waals surface area contributed by atoms with Crippen molar-refractivity contribution in [2.75, 3.05) is 43.5 Å². The van der Waals surface area contributed by atoms with Gasteiger partial charge >= 0.3 is 0 Å². The van der Waals surface area contributed by atoms with Crippen LogP contribution in [0.2, 0.25) is 0 Å². The minimum atomic E-state index is -0.545. The number of methoxy groups -OCH3 is 1. The van der Waals surface area contributed by atoms with Crippen LogP contribution in [0, 0.1) is 5.82 Å². The van der Waals surface area contributed by atoms with E-state index in [1.807, 2.05) is 18.2 Å². The standard InChI is InChI=1S/C24H25FN4O2/c1-31-20-6-4-5-18(15-20)17-28-11-13-29(14-12-28)23-10-9-19(16-26-23)27-24(30)21-7-2-3-8-22(21)25/h2-10,15-16H,11-14,17H2,1H3,(H,27,30). The minimum absolute atomic E-state index is 0.0127. The monoisotopic (exact) mass is 420 g/mol. The van der Waals surface area contributed by atoms with E-state index in [1.165, 1.54) is 17.7 Å². The molecule has 1 aliphatic heterocycles. The van der Waals surface area contributed by atoms with Crippen LogP contribution in [0.25, 0.3) is 0 Å². The quantitative estimate of drug-likeness (QED) is 0.657. The van der Waals surface area contributed by atoms with Crippen molar-refractivity contribution in [2.24, 2.45) is 0 Å². The van der Waals surface area contributed by atoms with Gasteiger partial charge < -0.3 is 15.0 Å². The lowest BCUT2D eigenvalue weighted by atomic mass is 10.2. The highest BCUT2D eigenvalue weighted by Gasteiger charge is 2.18. The highest BCUT2D eigenvalue weighted by molar-refractivity contribution is 6.04. The third-order valence-electron chi connectivity index (χ3n) is 5.36. The minimum Gasteiger partial charge on any atom is -0.497 e. The van der Waals surface area contributed by atoms with E-state index in [1.54, 1.807) is 31.5 Å². The Bertz CT molecular complexity index is 1030. The van der Waals surface area contributed by atoms with Crippen LogP contribution in [0.5, 0.6) is 5.75 Å². The summed E-state index contributed by atoms with van der Waals surface area (Å²) in [5, 5.41) is 2.69. The van der Waals surface area contributed by atoms with Crippen LogP contribution in [0.15, 0.2) is 66.9 Å². The number of nitrogens with one attached hydrogen (secondary N) is 1. The van der Waals surface area contributed by atoms with Gasteiger partial charge in [-0.3, -0.25) is 9.69 Å². The number of rotatable bonds is 6. The molecule has 4 rings (SSSR count). The fourth-order valence-electron chi connectivity index (χ4n) is 3.65. The van der Waals surface area contributed by atoms with Gasteiger partial charge in [-0.05, 0) is 42.0 Å². The van der Waals surface area contributed by atoms with E-state index in [0.717, 1.165) is 44.3 Å². The van der Waals surface area contributed by atoms with Gasteiger partial charge in [0.1, 0.15) is 17.4 Å². The Morgan fingerprint density at radius 2 is 1.87 bits per heavy atom. The van der Waals surface area contributed by atoms with Gasteiger partial charge in [-0.15, -0.1) is 0 Å². The van der Waals surface area contributed by atoms with Gasteiger partial charge in [0.15, 0.2) is 0 Å². The number of halogens is 1. The molecular weight excluding hydrogens is 395 g/mol. The number of hydrogen-bond donors (Lipinski definition) is 1. The summed E-state index contributed by atoms with van der Waals surface area (Å²) in [7, 11) is 1.68. The number of ether oxygens (including phenoxy) is 1. The number of pyridine rings is 1. The number of amides is 1. The third kappa shape index (κ3) is 5.19. The van der Waals surface area contributed by atoms with E-state index in [9.17, 15) is 9.18 Å². The summed E-state index contributed by atoms with van der Waals surface area (Å²) < 4.78 is 19.1. The number of nitrogens with zero attached hydrogens (tertiary/aromatic N) is 3. The van der Waals surface area contributed by atoms with Crippen molar-refractivity contribution in [3.63, 3.8) is 0 Å². The molecule has 1 aliphatic rings. The first kappa shape index (κ1) is 20.8. The Hall–Kier alpha value is -3.45. The highest BCUT2D eigenvalue weighted by atomic mass is 19.1. The van der Waals surface area contributed by atoms with Crippen LogP contribution in [-0.2, 0) is 6.54 Å². The smallest absolute Gasteiger partial charge is 0.258 e. The third-order valence-corrected chi connectivity index (χ3v) is 5.36. The molecule has 1 amide bonds. The zero-order valence-corrected chi connectivity index (χ0v) is 17.4. The molecule has 0 radical (unpaired) electrons. The molecule has 0 spiro atoms. The number of hydrogen-bond acceptors (Lipinski definition) is 5. The molecule has 2 aromatic carbocycles. The zero-order chi connectivity index (χ0) is 21.6. The Morgan fingerprint density at radius 3 is 2.58 bits per heavy atom. The van der Waals surface area contributed by atoms with Crippen LogP contribution >= 0.6 is 0 Å². The van der Waals surface area contributed by atoms with Gasteiger partial charge in [-0.1, -0.05) is 24.3 Å². The predicted octanol–water partition coefficient (Wildman–Crippen LogP) is 3.80. The molecule has 0 saturated carbocycles. The lowest BCUT2D eigenvalue weighted by Crippen LogP contribution is -2.46. The second-order valence-electron chi connectivity index (χ2n) is 7.45. The molecule has 3 aromatic rings. The Balaban J connectivity index is 1.31. The Labute approximate surface area is 181 Å². The molecule has 0 aliphatic carbocycles. The molecule has 2 heterocycles. The van der Waals surface area contributed by atoms with Crippen LogP contribution < -0.4 is 15.0 Å². The normalized spacial score (nSPS) is 14.3. The maximum atomic E-state index is 13.8. The Morgan fingerprint density at radius 1 is 1.06 bits per heavy atom. The lowest BCUT2D eigenvalue weighted by molar-refractivity contribution is 0.102. The SMILES string of the molecule is COc1cccc(CN2CCN(c3ccc(NC(=O)c4ccccc4F)cn3)CC2)c1. The number of carbonyl (C=O) groups is 1. The van der Waals surface area contributed by atoms with Gasteiger partial charge in [0.05, 0.1) is 24.6 Å². The number of benzene rings is 2. The second-order valence-corrected chi connectivity index (χ2v) is 7.45. The summed E-state index contributed by atoms with van der Waals surface area (Å²) in [4.78, 5) is 21.4. The molecule has 1 aromatic heterocycles. The fourth-order valence-corrected chi connectivity index (χ4v) is 3.65. The van der Waals surface area contributed by atoms with Gasteiger partial charge in [0.2, 0.25) is 0 Å². The molecule has 1 fully saturated rings. The van der Waals surface area contributed by atoms with E-state index in [-0.39, 0.29) is 5.56 Å². The van der Waals surface area contributed by atoms with Gasteiger partial charge in [-0.25, -0.2) is 9.37 Å². The molecule has 31 heavy (non-hydrogen) atoms. The summed E-state index contributed by atoms with van der Waals surface area (Å²) in [5.74, 6) is 0.711. The van der Waals surface area contributed by atoms with Crippen LogP contribution in [-0.4, -0.2) is 49.1 Å². The van der Waals surface area contributed by atoms with E-state index < -0.39 is 11.7 Å². The molecule has 7 heteroatoms. The summed E-state index contributed by atoms with van der Waals surface area (Å²) in [5.41, 5.74) is 1.79. The van der Waals surface area contributed by atoms with Crippen LogP contribution in [0.1, 0.15) is 15.9 Å². The van der Waals surface area contributed by atoms with E-state index in [4.69, 9.17) is 4.74 Å². The molecule has 0 atom stereocenters. The summed E-state index contributed by atoms with van der Waals surface area (Å²) in [6.45, 7) is 4.50. The van der Waals surface area contributed by atoms with Crippen LogP contribution in [0.3, 0.4) is 0 Å². The van der Waals surface area contributed by atoms with Crippen LogP contribution in [0.4, 0.5) is 15.9 Å². The number of aromatic nitrogens is 1. The average molecular weight is 420 g/mol. The van der Waals surface area contributed by atoms with Crippen molar-refractivity contribution in [3.8, 4) is 5.75 Å². The first-order valence-electron chi connectivity index (χ1n) is 10.2. The largest absolute Gasteiger partial charge is 0.497 e. The molecular formula is C24H25FN4O2. The molecule has 0 bridgehead atoms. The van der Waals surface area contributed by atoms with Gasteiger partial charge in [0, 0.05) is 32.7 Å².